The Kier molecular flexibility index (Phi) is 5.12. The lowest BCUT2D eigenvalue weighted by molar-refractivity contribution is 0.667. The molecule has 0 aliphatic rings. The van der Waals surface area contributed by atoms with Crippen LogP contribution < -0.4 is 10.6 Å². The van der Waals surface area contributed by atoms with Crippen LogP contribution in [0.3, 0.4) is 0 Å². The molecule has 0 bridgehead atoms. The first-order chi connectivity index (χ1) is 10.1. The second kappa shape index (κ2) is 6.85. The molecule has 0 atom stereocenters. The Bertz CT molecular complexity index is 606. The van der Waals surface area contributed by atoms with Gasteiger partial charge in [-0.25, -0.2) is 0 Å². The summed E-state index contributed by atoms with van der Waals surface area (Å²) in [7, 11) is 1.94. The molecule has 0 saturated heterocycles. The summed E-state index contributed by atoms with van der Waals surface area (Å²) in [6, 6.07) is 7.95. The van der Waals surface area contributed by atoms with Crippen LogP contribution in [0.1, 0.15) is 31.7 Å². The molecule has 0 aliphatic carbocycles. The second-order valence-electron chi connectivity index (χ2n) is 5.16. The standard InChI is InChI=1S/C16H23ClN4/c1-4-10-21(14-9-7-6-8-12(14)18)11-15-16(17)13(5-2)19-20(15)3/h6-9H,4-5,10-11,18H2,1-3H3. The molecule has 2 N–H and O–H groups in total. The van der Waals surface area contributed by atoms with Gasteiger partial charge < -0.3 is 10.6 Å². The van der Waals surface area contributed by atoms with Gasteiger partial charge in [-0.15, -0.1) is 0 Å². The molecule has 0 unspecified atom stereocenters. The summed E-state index contributed by atoms with van der Waals surface area (Å²) in [6.07, 6.45) is 1.89. The lowest BCUT2D eigenvalue weighted by Gasteiger charge is -2.26. The first-order valence-corrected chi connectivity index (χ1v) is 7.75. The van der Waals surface area contributed by atoms with Crippen LogP contribution in [0.5, 0.6) is 0 Å². The summed E-state index contributed by atoms with van der Waals surface area (Å²) in [4.78, 5) is 2.26. The molecule has 0 spiro atoms. The predicted molar refractivity (Wildman–Crippen MR) is 89.8 cm³/mol. The summed E-state index contributed by atoms with van der Waals surface area (Å²) in [5, 5.41) is 5.26. The van der Waals surface area contributed by atoms with Gasteiger partial charge in [0.15, 0.2) is 0 Å². The Labute approximate surface area is 131 Å². The van der Waals surface area contributed by atoms with Crippen LogP contribution in [0.4, 0.5) is 11.4 Å². The molecular weight excluding hydrogens is 284 g/mol. The topological polar surface area (TPSA) is 47.1 Å². The molecule has 2 rings (SSSR count). The maximum absolute atomic E-state index is 6.46. The van der Waals surface area contributed by atoms with E-state index in [4.69, 9.17) is 17.3 Å². The minimum Gasteiger partial charge on any atom is -0.397 e. The van der Waals surface area contributed by atoms with Crippen molar-refractivity contribution in [1.82, 2.24) is 9.78 Å². The third-order valence-corrected chi connectivity index (χ3v) is 4.05. The number of para-hydroxylation sites is 2. The van der Waals surface area contributed by atoms with E-state index >= 15 is 0 Å². The molecule has 2 aromatic rings. The van der Waals surface area contributed by atoms with Crippen LogP contribution in [0.15, 0.2) is 24.3 Å². The number of nitrogens with two attached hydrogens (primary N) is 1. The van der Waals surface area contributed by atoms with Crippen molar-refractivity contribution in [2.75, 3.05) is 17.2 Å². The highest BCUT2D eigenvalue weighted by Crippen LogP contribution is 2.28. The Balaban J connectivity index is 2.33. The smallest absolute Gasteiger partial charge is 0.0868 e. The van der Waals surface area contributed by atoms with Gasteiger partial charge in [0, 0.05) is 13.6 Å². The zero-order valence-electron chi connectivity index (χ0n) is 12.9. The summed E-state index contributed by atoms with van der Waals surface area (Å²) >= 11 is 6.46. The normalized spacial score (nSPS) is 10.9. The maximum atomic E-state index is 6.46. The van der Waals surface area contributed by atoms with Gasteiger partial charge in [-0.05, 0) is 25.0 Å². The SMILES string of the molecule is CCCN(Cc1c(Cl)c(CC)nn1C)c1ccccc1N. The number of nitrogens with zero attached hydrogens (tertiary/aromatic N) is 3. The molecule has 5 heteroatoms. The molecule has 0 saturated carbocycles. The van der Waals surface area contributed by atoms with Crippen molar-refractivity contribution in [3.05, 3.63) is 40.7 Å². The minimum atomic E-state index is 0.713. The molecule has 0 aliphatic heterocycles. The van der Waals surface area contributed by atoms with Crippen LogP contribution in [0.2, 0.25) is 5.02 Å². The number of halogens is 1. The van der Waals surface area contributed by atoms with E-state index < -0.39 is 0 Å². The summed E-state index contributed by atoms with van der Waals surface area (Å²) in [5.74, 6) is 0. The molecule has 0 amide bonds. The number of aromatic nitrogens is 2. The summed E-state index contributed by atoms with van der Waals surface area (Å²) in [6.45, 7) is 5.87. The first kappa shape index (κ1) is 15.7. The zero-order valence-corrected chi connectivity index (χ0v) is 13.7. The number of nitrogen functional groups attached to an aromatic ring is 1. The number of hydrogen-bond acceptors (Lipinski definition) is 3. The van der Waals surface area contributed by atoms with Gasteiger partial charge >= 0.3 is 0 Å². The molecule has 0 radical (unpaired) electrons. The van der Waals surface area contributed by atoms with E-state index in [2.05, 4.69) is 29.9 Å². The fraction of sp³-hybridized carbons (Fsp3) is 0.438. The molecule has 114 valence electrons. The molecule has 21 heavy (non-hydrogen) atoms. The van der Waals surface area contributed by atoms with E-state index in [-0.39, 0.29) is 0 Å². The van der Waals surface area contributed by atoms with Crippen molar-refractivity contribution in [3.8, 4) is 0 Å². The van der Waals surface area contributed by atoms with Crippen molar-refractivity contribution >= 4 is 23.0 Å². The van der Waals surface area contributed by atoms with Crippen LogP contribution in [-0.4, -0.2) is 16.3 Å². The average Bonchev–Trinajstić information content (AvgIpc) is 2.74. The van der Waals surface area contributed by atoms with Gasteiger partial charge in [0.2, 0.25) is 0 Å². The molecule has 1 heterocycles. The third kappa shape index (κ3) is 3.32. The lowest BCUT2D eigenvalue weighted by Crippen LogP contribution is -2.25. The van der Waals surface area contributed by atoms with Crippen molar-refractivity contribution < 1.29 is 0 Å². The maximum Gasteiger partial charge on any atom is 0.0868 e. The van der Waals surface area contributed by atoms with E-state index in [1.807, 2.05) is 29.9 Å². The Morgan fingerprint density at radius 2 is 2.00 bits per heavy atom. The molecule has 1 aromatic heterocycles. The Morgan fingerprint density at radius 3 is 2.57 bits per heavy atom. The van der Waals surface area contributed by atoms with E-state index in [1.165, 1.54) is 0 Å². The average molecular weight is 307 g/mol. The highest BCUT2D eigenvalue weighted by molar-refractivity contribution is 6.31. The van der Waals surface area contributed by atoms with E-state index in [0.29, 0.717) is 6.54 Å². The van der Waals surface area contributed by atoms with Gasteiger partial charge in [-0.2, -0.15) is 5.10 Å². The van der Waals surface area contributed by atoms with E-state index in [9.17, 15) is 0 Å². The summed E-state index contributed by atoms with van der Waals surface area (Å²) < 4.78 is 1.88. The lowest BCUT2D eigenvalue weighted by atomic mass is 10.2. The van der Waals surface area contributed by atoms with Crippen LogP contribution >= 0.6 is 11.6 Å². The van der Waals surface area contributed by atoms with Gasteiger partial charge in [-0.1, -0.05) is 37.6 Å². The highest BCUT2D eigenvalue weighted by atomic mass is 35.5. The third-order valence-electron chi connectivity index (χ3n) is 3.61. The van der Waals surface area contributed by atoms with Gasteiger partial charge in [0.1, 0.15) is 0 Å². The van der Waals surface area contributed by atoms with Gasteiger partial charge in [0.05, 0.1) is 34.3 Å². The zero-order chi connectivity index (χ0) is 15.4. The highest BCUT2D eigenvalue weighted by Gasteiger charge is 2.17. The van der Waals surface area contributed by atoms with Crippen molar-refractivity contribution in [3.63, 3.8) is 0 Å². The number of anilines is 2. The second-order valence-corrected chi connectivity index (χ2v) is 5.54. The largest absolute Gasteiger partial charge is 0.397 e. The summed E-state index contributed by atoms with van der Waals surface area (Å²) in [5.41, 5.74) is 9.94. The Morgan fingerprint density at radius 1 is 1.29 bits per heavy atom. The van der Waals surface area contributed by atoms with Crippen molar-refractivity contribution in [2.24, 2.45) is 7.05 Å². The number of benzene rings is 1. The molecule has 4 nitrogen and oxygen atoms in total. The quantitative estimate of drug-likeness (QED) is 0.829. The number of hydrogen-bond donors (Lipinski definition) is 1. The van der Waals surface area contributed by atoms with Gasteiger partial charge in [0.25, 0.3) is 0 Å². The van der Waals surface area contributed by atoms with E-state index in [0.717, 1.165) is 47.2 Å². The fourth-order valence-corrected chi connectivity index (χ4v) is 2.86. The molecule has 0 fully saturated rings. The van der Waals surface area contributed by atoms with Gasteiger partial charge in [-0.3, -0.25) is 4.68 Å². The van der Waals surface area contributed by atoms with Crippen molar-refractivity contribution in [1.29, 1.82) is 0 Å². The fourth-order valence-electron chi connectivity index (χ4n) is 2.50. The monoisotopic (exact) mass is 306 g/mol. The van der Waals surface area contributed by atoms with E-state index in [1.54, 1.807) is 0 Å². The Hall–Kier alpha value is -1.68. The number of rotatable bonds is 6. The minimum absolute atomic E-state index is 0.713. The van der Waals surface area contributed by atoms with Crippen LogP contribution in [-0.2, 0) is 20.0 Å². The first-order valence-electron chi connectivity index (χ1n) is 7.38. The number of aryl methyl sites for hydroxylation is 2. The predicted octanol–water partition coefficient (Wildman–Crippen LogP) is 3.63. The van der Waals surface area contributed by atoms with Crippen LogP contribution in [0, 0.1) is 0 Å². The van der Waals surface area contributed by atoms with Crippen molar-refractivity contribution in [2.45, 2.75) is 33.2 Å². The molecular formula is C16H23ClN4. The molecule has 1 aromatic carbocycles. The van der Waals surface area contributed by atoms with Crippen LogP contribution in [0.25, 0.3) is 0 Å².